The van der Waals surface area contributed by atoms with Crippen molar-refractivity contribution >= 4 is 17.8 Å². The lowest BCUT2D eigenvalue weighted by atomic mass is 9.94. The highest BCUT2D eigenvalue weighted by Gasteiger charge is 2.64. The molecule has 1 spiro atoms. The van der Waals surface area contributed by atoms with E-state index < -0.39 is 54.3 Å². The standard InChI is InChI=1S/C25H33NO9/c1-15(27)26-18-20(31-14-30-3)22-23(35-25(34-22)12-8-5-9-13-25)21(18)33-24(29)19(32-16(2)28)17-10-6-4-7-11-17/h4,6-7,10-11,18-23H,5,8-9,12-14H2,1-3H3,(H,26,27)/t18-,19+,20+,21-,22+,23-/m0/s1. The van der Waals surface area contributed by atoms with E-state index in [1.54, 1.807) is 30.3 Å². The average Bonchev–Trinajstić information content (AvgIpc) is 3.30. The molecule has 10 heteroatoms. The van der Waals surface area contributed by atoms with Crippen LogP contribution in [0.15, 0.2) is 30.3 Å². The Labute approximate surface area is 204 Å². The van der Waals surface area contributed by atoms with Gasteiger partial charge in [-0.3, -0.25) is 9.59 Å². The lowest BCUT2D eigenvalue weighted by Gasteiger charge is -2.36. The van der Waals surface area contributed by atoms with Crippen molar-refractivity contribution < 1.29 is 42.8 Å². The maximum Gasteiger partial charge on any atom is 0.352 e. The van der Waals surface area contributed by atoms with Gasteiger partial charge in [-0.1, -0.05) is 36.8 Å². The van der Waals surface area contributed by atoms with Crippen LogP contribution in [0.25, 0.3) is 0 Å². The summed E-state index contributed by atoms with van der Waals surface area (Å²) >= 11 is 0. The molecule has 0 unspecified atom stereocenters. The molecule has 10 nitrogen and oxygen atoms in total. The number of rotatable bonds is 8. The molecule has 1 aromatic rings. The largest absolute Gasteiger partial charge is 0.454 e. The van der Waals surface area contributed by atoms with Gasteiger partial charge in [0.05, 0.1) is 6.04 Å². The first-order chi connectivity index (χ1) is 16.8. The number of nitrogens with one attached hydrogen (secondary N) is 1. The topological polar surface area (TPSA) is 119 Å². The van der Waals surface area contributed by atoms with Gasteiger partial charge in [0.2, 0.25) is 12.0 Å². The lowest BCUT2D eigenvalue weighted by molar-refractivity contribution is -0.227. The molecule has 1 aromatic carbocycles. The molecule has 1 saturated heterocycles. The Balaban J connectivity index is 1.62. The van der Waals surface area contributed by atoms with Crippen molar-refractivity contribution in [2.45, 2.75) is 88.3 Å². The van der Waals surface area contributed by atoms with Crippen LogP contribution < -0.4 is 5.32 Å². The normalized spacial score (nSPS) is 29.9. The predicted octanol–water partition coefficient (Wildman–Crippen LogP) is 2.15. The van der Waals surface area contributed by atoms with Crippen molar-refractivity contribution in [2.24, 2.45) is 0 Å². The Kier molecular flexibility index (Phi) is 8.05. The fourth-order valence-corrected chi connectivity index (χ4v) is 5.21. The summed E-state index contributed by atoms with van der Waals surface area (Å²) in [5.74, 6) is -2.50. The number of methoxy groups -OCH3 is 1. The van der Waals surface area contributed by atoms with Crippen LogP contribution in [-0.4, -0.2) is 68.0 Å². The Hall–Kier alpha value is -2.53. The number of carbonyl (C=O) groups is 3. The second-order valence-corrected chi connectivity index (χ2v) is 9.20. The van der Waals surface area contributed by atoms with E-state index in [9.17, 15) is 14.4 Å². The highest BCUT2D eigenvalue weighted by Crippen LogP contribution is 2.47. The smallest absolute Gasteiger partial charge is 0.352 e. The van der Waals surface area contributed by atoms with Gasteiger partial charge in [0.1, 0.15) is 25.1 Å². The van der Waals surface area contributed by atoms with E-state index in [4.69, 9.17) is 28.4 Å². The lowest BCUT2D eigenvalue weighted by Crippen LogP contribution is -2.52. The van der Waals surface area contributed by atoms with Gasteiger partial charge in [0.25, 0.3) is 0 Å². The zero-order valence-corrected chi connectivity index (χ0v) is 20.3. The second-order valence-electron chi connectivity index (χ2n) is 9.20. The molecule has 1 heterocycles. The van der Waals surface area contributed by atoms with Gasteiger partial charge in [0.15, 0.2) is 11.9 Å². The minimum atomic E-state index is -1.27. The van der Waals surface area contributed by atoms with Gasteiger partial charge in [-0.05, 0) is 12.8 Å². The number of carbonyl (C=O) groups excluding carboxylic acids is 3. The summed E-state index contributed by atoms with van der Waals surface area (Å²) in [5.41, 5.74) is 0.470. The molecule has 4 rings (SSSR count). The summed E-state index contributed by atoms with van der Waals surface area (Å²) in [6.07, 6.45) is 0.345. The highest BCUT2D eigenvalue weighted by molar-refractivity contribution is 5.80. The molecule has 3 aliphatic rings. The van der Waals surface area contributed by atoms with Crippen molar-refractivity contribution in [3.63, 3.8) is 0 Å². The van der Waals surface area contributed by atoms with Crippen molar-refractivity contribution in [1.29, 1.82) is 0 Å². The van der Waals surface area contributed by atoms with Crippen LogP contribution in [0.1, 0.15) is 57.6 Å². The van der Waals surface area contributed by atoms with Crippen LogP contribution in [0.3, 0.4) is 0 Å². The Morgan fingerprint density at radius 2 is 1.69 bits per heavy atom. The molecule has 0 radical (unpaired) electrons. The molecular formula is C25H33NO9. The van der Waals surface area contributed by atoms with Crippen molar-refractivity contribution in [3.8, 4) is 0 Å². The molecule has 1 amide bonds. The predicted molar refractivity (Wildman–Crippen MR) is 121 cm³/mol. The van der Waals surface area contributed by atoms with E-state index in [1.807, 2.05) is 0 Å². The van der Waals surface area contributed by atoms with Crippen LogP contribution in [0.4, 0.5) is 0 Å². The van der Waals surface area contributed by atoms with E-state index in [0.29, 0.717) is 5.56 Å². The first kappa shape index (κ1) is 25.6. The number of benzene rings is 1. The van der Waals surface area contributed by atoms with Crippen LogP contribution in [-0.2, 0) is 42.8 Å². The van der Waals surface area contributed by atoms with Gasteiger partial charge in [-0.15, -0.1) is 0 Å². The zero-order chi connectivity index (χ0) is 25.0. The fourth-order valence-electron chi connectivity index (χ4n) is 5.21. The van der Waals surface area contributed by atoms with E-state index >= 15 is 0 Å². The number of hydrogen-bond acceptors (Lipinski definition) is 9. The first-order valence-corrected chi connectivity index (χ1v) is 12.0. The van der Waals surface area contributed by atoms with E-state index in [1.165, 1.54) is 21.0 Å². The zero-order valence-electron chi connectivity index (χ0n) is 20.3. The van der Waals surface area contributed by atoms with E-state index in [0.717, 1.165) is 32.1 Å². The fraction of sp³-hybridized carbons (Fsp3) is 0.640. The van der Waals surface area contributed by atoms with Gasteiger partial charge in [-0.25, -0.2) is 4.79 Å². The quantitative estimate of drug-likeness (QED) is 0.431. The van der Waals surface area contributed by atoms with Gasteiger partial charge >= 0.3 is 11.9 Å². The Morgan fingerprint density at radius 1 is 1.03 bits per heavy atom. The maximum atomic E-state index is 13.4. The van der Waals surface area contributed by atoms with E-state index in [-0.39, 0.29) is 12.7 Å². The van der Waals surface area contributed by atoms with Gasteiger partial charge < -0.3 is 33.7 Å². The van der Waals surface area contributed by atoms with Crippen LogP contribution in [0, 0.1) is 0 Å². The monoisotopic (exact) mass is 491 g/mol. The van der Waals surface area contributed by atoms with Crippen LogP contribution in [0.2, 0.25) is 0 Å². The number of fused-ring (bicyclic) bond motifs is 1. The minimum absolute atomic E-state index is 0.0406. The molecule has 1 aliphatic heterocycles. The average molecular weight is 492 g/mol. The van der Waals surface area contributed by atoms with Crippen molar-refractivity contribution in [2.75, 3.05) is 13.9 Å². The van der Waals surface area contributed by atoms with Gasteiger partial charge in [-0.2, -0.15) is 0 Å². The van der Waals surface area contributed by atoms with Gasteiger partial charge in [0, 0.05) is 39.4 Å². The summed E-state index contributed by atoms with van der Waals surface area (Å²) in [4.78, 5) is 37.2. The summed E-state index contributed by atoms with van der Waals surface area (Å²) in [5, 5.41) is 2.83. The molecule has 35 heavy (non-hydrogen) atoms. The van der Waals surface area contributed by atoms with Crippen molar-refractivity contribution in [1.82, 2.24) is 5.32 Å². The third-order valence-electron chi connectivity index (χ3n) is 6.60. The Bertz CT molecular complexity index is 901. The first-order valence-electron chi connectivity index (χ1n) is 12.0. The molecule has 0 aromatic heterocycles. The third kappa shape index (κ3) is 5.66. The summed E-state index contributed by atoms with van der Waals surface area (Å²) in [7, 11) is 1.50. The number of esters is 2. The molecule has 1 N–H and O–H groups in total. The SMILES string of the molecule is COCO[C@@H]1[C@H](NC(C)=O)[C@H](OC(=O)[C@H](OC(C)=O)c2ccccc2)[C@@H]2OC3(CCCCC3)O[C@@H]21. The summed E-state index contributed by atoms with van der Waals surface area (Å²) in [6, 6.07) is 7.86. The molecule has 192 valence electrons. The van der Waals surface area contributed by atoms with Crippen LogP contribution >= 0.6 is 0 Å². The maximum absolute atomic E-state index is 13.4. The molecule has 2 aliphatic carbocycles. The number of amides is 1. The van der Waals surface area contributed by atoms with Crippen LogP contribution in [0.5, 0.6) is 0 Å². The molecule has 6 atom stereocenters. The van der Waals surface area contributed by atoms with E-state index in [2.05, 4.69) is 5.32 Å². The minimum Gasteiger partial charge on any atom is -0.454 e. The third-order valence-corrected chi connectivity index (χ3v) is 6.60. The number of hydrogen-bond donors (Lipinski definition) is 1. The highest BCUT2D eigenvalue weighted by atomic mass is 16.8. The molecule has 3 fully saturated rings. The summed E-state index contributed by atoms with van der Waals surface area (Å²) < 4.78 is 35.1. The molecule has 2 saturated carbocycles. The second kappa shape index (κ2) is 11.0. The van der Waals surface area contributed by atoms with Crippen molar-refractivity contribution in [3.05, 3.63) is 35.9 Å². The molecular weight excluding hydrogens is 458 g/mol. The summed E-state index contributed by atoms with van der Waals surface area (Å²) in [6.45, 7) is 2.56. The Morgan fingerprint density at radius 3 is 2.29 bits per heavy atom. The number of ether oxygens (including phenoxy) is 6. The molecule has 0 bridgehead atoms.